The molecule has 3 unspecified atom stereocenters. The summed E-state index contributed by atoms with van der Waals surface area (Å²) in [5.41, 5.74) is -0.639. The van der Waals surface area contributed by atoms with Crippen molar-refractivity contribution in [2.75, 3.05) is 16.4 Å². The molecule has 0 bridgehead atoms. The first-order valence-corrected chi connectivity index (χ1v) is 11.2. The number of anilines is 1. The van der Waals surface area contributed by atoms with Crippen molar-refractivity contribution in [1.29, 1.82) is 0 Å². The highest BCUT2D eigenvalue weighted by Crippen LogP contribution is 2.42. The van der Waals surface area contributed by atoms with Crippen molar-refractivity contribution in [3.05, 3.63) is 29.8 Å². The van der Waals surface area contributed by atoms with Crippen LogP contribution in [0.2, 0.25) is 0 Å². The van der Waals surface area contributed by atoms with Crippen molar-refractivity contribution < 1.29 is 26.4 Å². The molecular formula is C17H19F3N2O3S2. The number of fused-ring (bicyclic) bond motifs is 1. The van der Waals surface area contributed by atoms with Crippen LogP contribution in [0.1, 0.15) is 25.8 Å². The van der Waals surface area contributed by atoms with Crippen molar-refractivity contribution >= 4 is 38.4 Å². The third kappa shape index (κ3) is 4.16. The van der Waals surface area contributed by atoms with E-state index in [0.717, 1.165) is 23.9 Å². The molecule has 5 nitrogen and oxygen atoms in total. The summed E-state index contributed by atoms with van der Waals surface area (Å²) in [5.74, 6) is -0.920. The number of carbonyl (C=O) groups excluding carboxylic acids is 1. The molecule has 0 N–H and O–H groups in total. The van der Waals surface area contributed by atoms with E-state index in [4.69, 9.17) is 0 Å². The zero-order valence-electron chi connectivity index (χ0n) is 14.7. The number of alkyl halides is 3. The summed E-state index contributed by atoms with van der Waals surface area (Å²) in [6, 6.07) is 4.14. The molecule has 148 valence electrons. The van der Waals surface area contributed by atoms with Gasteiger partial charge in [-0.3, -0.25) is 4.79 Å². The van der Waals surface area contributed by atoms with E-state index in [-0.39, 0.29) is 39.4 Å². The number of rotatable bonds is 3. The predicted octanol–water partition coefficient (Wildman–Crippen LogP) is 3.35. The number of hydrogen-bond acceptors (Lipinski definition) is 4. The van der Waals surface area contributed by atoms with E-state index < -0.39 is 27.6 Å². The molecule has 3 atom stereocenters. The van der Waals surface area contributed by atoms with E-state index in [2.05, 4.69) is 4.99 Å². The molecule has 2 fully saturated rings. The molecule has 0 spiro atoms. The van der Waals surface area contributed by atoms with Crippen LogP contribution >= 0.6 is 11.8 Å². The van der Waals surface area contributed by atoms with Crippen LogP contribution in [0.5, 0.6) is 0 Å². The van der Waals surface area contributed by atoms with E-state index in [0.29, 0.717) is 6.42 Å². The van der Waals surface area contributed by atoms with Crippen LogP contribution in [0.25, 0.3) is 0 Å². The molecule has 2 aliphatic heterocycles. The third-order valence-electron chi connectivity index (χ3n) is 4.76. The maximum Gasteiger partial charge on any atom is 0.416 e. The fourth-order valence-electron chi connectivity index (χ4n) is 3.08. The van der Waals surface area contributed by atoms with Gasteiger partial charge in [0.15, 0.2) is 15.0 Å². The molecule has 27 heavy (non-hydrogen) atoms. The van der Waals surface area contributed by atoms with Gasteiger partial charge in [0.25, 0.3) is 5.91 Å². The second kappa shape index (κ2) is 7.12. The third-order valence-corrected chi connectivity index (χ3v) is 7.97. The Kier molecular flexibility index (Phi) is 5.33. The average Bonchev–Trinajstić information content (AvgIpc) is 3.04. The van der Waals surface area contributed by atoms with Gasteiger partial charge in [-0.15, -0.1) is 0 Å². The molecule has 0 saturated carbocycles. The van der Waals surface area contributed by atoms with Gasteiger partial charge in [0, 0.05) is 16.9 Å². The standard InChI is InChI=1S/C17H19F3N2O3S2/c1-3-10(2)15(23)21-16-22(13-8-27(24,25)9-14(13)26-16)12-6-4-5-11(7-12)17(18,19)20/h4-7,10,13-14H,3,8-9H2,1-2H3. The largest absolute Gasteiger partial charge is 0.416 e. The number of hydrogen-bond donors (Lipinski definition) is 0. The minimum atomic E-state index is -4.52. The first kappa shape index (κ1) is 20.2. The van der Waals surface area contributed by atoms with E-state index in [9.17, 15) is 26.4 Å². The highest BCUT2D eigenvalue weighted by molar-refractivity contribution is 8.16. The minimum Gasteiger partial charge on any atom is -0.316 e. The molecular weight excluding hydrogens is 401 g/mol. The van der Waals surface area contributed by atoms with Gasteiger partial charge < -0.3 is 4.90 Å². The maximum absolute atomic E-state index is 13.1. The lowest BCUT2D eigenvalue weighted by molar-refractivity contribution is -0.137. The van der Waals surface area contributed by atoms with E-state index >= 15 is 0 Å². The number of amides is 1. The summed E-state index contributed by atoms with van der Waals surface area (Å²) >= 11 is 1.15. The van der Waals surface area contributed by atoms with Crippen LogP contribution in [0.4, 0.5) is 18.9 Å². The summed E-state index contributed by atoms with van der Waals surface area (Å²) in [7, 11) is -3.28. The SMILES string of the molecule is CCC(C)C(=O)N=C1SC2CS(=O)(=O)CC2N1c1cccc(C(F)(F)F)c1. The fourth-order valence-corrected chi connectivity index (χ4v) is 7.00. The van der Waals surface area contributed by atoms with Crippen LogP contribution in [-0.4, -0.2) is 42.3 Å². The molecule has 0 radical (unpaired) electrons. The molecule has 10 heteroatoms. The lowest BCUT2D eigenvalue weighted by atomic mass is 10.1. The lowest BCUT2D eigenvalue weighted by Crippen LogP contribution is -2.38. The average molecular weight is 420 g/mol. The fraction of sp³-hybridized carbons (Fsp3) is 0.529. The minimum absolute atomic E-state index is 0.0751. The number of aliphatic imine (C=N–C) groups is 1. The zero-order chi connectivity index (χ0) is 20.0. The predicted molar refractivity (Wildman–Crippen MR) is 99.6 cm³/mol. The molecule has 1 aromatic carbocycles. The van der Waals surface area contributed by atoms with Crippen LogP contribution in [0, 0.1) is 5.92 Å². The molecule has 2 aliphatic rings. The Bertz CT molecular complexity index is 884. The van der Waals surface area contributed by atoms with Crippen molar-refractivity contribution in [2.24, 2.45) is 10.9 Å². The van der Waals surface area contributed by atoms with Gasteiger partial charge in [0.05, 0.1) is 23.1 Å². The molecule has 3 rings (SSSR count). The molecule has 1 amide bonds. The van der Waals surface area contributed by atoms with Gasteiger partial charge in [0.2, 0.25) is 0 Å². The Morgan fingerprint density at radius 3 is 2.70 bits per heavy atom. The summed E-state index contributed by atoms with van der Waals surface area (Å²) < 4.78 is 63.3. The van der Waals surface area contributed by atoms with Crippen LogP contribution in [0.3, 0.4) is 0 Å². The lowest BCUT2D eigenvalue weighted by Gasteiger charge is -2.25. The molecule has 2 saturated heterocycles. The summed E-state index contributed by atoms with van der Waals surface area (Å²) in [6.45, 7) is 3.57. The Morgan fingerprint density at radius 2 is 2.07 bits per heavy atom. The summed E-state index contributed by atoms with van der Waals surface area (Å²) in [4.78, 5) is 17.9. The number of halogens is 3. The Morgan fingerprint density at radius 1 is 1.37 bits per heavy atom. The quantitative estimate of drug-likeness (QED) is 0.750. The zero-order valence-corrected chi connectivity index (χ0v) is 16.4. The Balaban J connectivity index is 2.04. The second-order valence-corrected chi connectivity index (χ2v) is 10.1. The number of nitrogens with zero attached hydrogens (tertiary/aromatic N) is 2. The van der Waals surface area contributed by atoms with Crippen LogP contribution in [-0.2, 0) is 20.8 Å². The first-order valence-electron chi connectivity index (χ1n) is 8.48. The van der Waals surface area contributed by atoms with Gasteiger partial charge in [0.1, 0.15) is 0 Å². The van der Waals surface area contributed by atoms with E-state index in [1.165, 1.54) is 17.0 Å². The second-order valence-electron chi connectivity index (χ2n) is 6.76. The molecule has 1 aromatic rings. The van der Waals surface area contributed by atoms with Gasteiger partial charge in [-0.25, -0.2) is 8.42 Å². The van der Waals surface area contributed by atoms with Crippen LogP contribution < -0.4 is 4.90 Å². The van der Waals surface area contributed by atoms with Gasteiger partial charge in [-0.2, -0.15) is 18.2 Å². The molecule has 0 aliphatic carbocycles. The number of sulfone groups is 1. The van der Waals surface area contributed by atoms with Gasteiger partial charge in [-0.05, 0) is 24.6 Å². The van der Waals surface area contributed by atoms with Crippen molar-refractivity contribution in [2.45, 2.75) is 37.7 Å². The smallest absolute Gasteiger partial charge is 0.316 e. The van der Waals surface area contributed by atoms with Crippen LogP contribution in [0.15, 0.2) is 29.3 Å². The summed E-state index contributed by atoms with van der Waals surface area (Å²) in [6.07, 6.45) is -3.93. The number of thioether (sulfide) groups is 1. The van der Waals surface area contributed by atoms with E-state index in [1.54, 1.807) is 6.92 Å². The van der Waals surface area contributed by atoms with Gasteiger partial charge in [-0.1, -0.05) is 31.7 Å². The summed E-state index contributed by atoms with van der Waals surface area (Å²) in [5, 5.41) is -0.0856. The highest BCUT2D eigenvalue weighted by Gasteiger charge is 2.49. The number of benzene rings is 1. The van der Waals surface area contributed by atoms with Crippen molar-refractivity contribution in [3.8, 4) is 0 Å². The van der Waals surface area contributed by atoms with Crippen molar-refractivity contribution in [3.63, 3.8) is 0 Å². The maximum atomic E-state index is 13.1. The number of carbonyl (C=O) groups is 1. The monoisotopic (exact) mass is 420 g/mol. The van der Waals surface area contributed by atoms with E-state index in [1.807, 2.05) is 6.92 Å². The normalized spacial score (nSPS) is 27.0. The molecule has 2 heterocycles. The Labute approximate surface area is 159 Å². The first-order chi connectivity index (χ1) is 12.5. The van der Waals surface area contributed by atoms with Gasteiger partial charge >= 0.3 is 6.18 Å². The highest BCUT2D eigenvalue weighted by atomic mass is 32.2. The van der Waals surface area contributed by atoms with Crippen molar-refractivity contribution in [1.82, 2.24) is 0 Å². The topological polar surface area (TPSA) is 66.8 Å². The molecule has 0 aromatic heterocycles. The Hall–Kier alpha value is -1.55. The number of amidine groups is 1.